The van der Waals surface area contributed by atoms with E-state index < -0.39 is 18.5 Å². The van der Waals surface area contributed by atoms with Crippen molar-refractivity contribution >= 4 is 11.9 Å². The summed E-state index contributed by atoms with van der Waals surface area (Å²) in [6.07, 6.45) is 2.77. The maximum atomic E-state index is 12.6. The molecule has 3 aromatic rings. The Morgan fingerprint density at radius 3 is 2.72 bits per heavy atom. The van der Waals surface area contributed by atoms with E-state index in [1.165, 1.54) is 6.20 Å². The van der Waals surface area contributed by atoms with Crippen molar-refractivity contribution in [2.45, 2.75) is 25.9 Å². The molecule has 0 fully saturated rings. The number of pyridine rings is 1. The predicted octanol–water partition coefficient (Wildman–Crippen LogP) is 2.50. The number of benzene rings is 1. The Morgan fingerprint density at radius 2 is 1.97 bits per heavy atom. The van der Waals surface area contributed by atoms with Crippen LogP contribution in [-0.2, 0) is 9.53 Å². The molecule has 0 bridgehead atoms. The van der Waals surface area contributed by atoms with Crippen molar-refractivity contribution in [3.8, 4) is 17.3 Å². The van der Waals surface area contributed by atoms with Crippen LogP contribution in [0.1, 0.15) is 35.8 Å². The number of fused-ring (bicyclic) bond motifs is 1. The summed E-state index contributed by atoms with van der Waals surface area (Å²) >= 11 is 0. The second kappa shape index (κ2) is 9.51. The van der Waals surface area contributed by atoms with Crippen molar-refractivity contribution in [3.05, 3.63) is 66.1 Å². The molecular weight excluding hydrogens is 412 g/mol. The number of ether oxygens (including phenoxy) is 3. The van der Waals surface area contributed by atoms with E-state index in [9.17, 15) is 9.59 Å². The van der Waals surface area contributed by atoms with Crippen LogP contribution >= 0.6 is 0 Å². The second-order valence-electron chi connectivity index (χ2n) is 7.58. The Balaban J connectivity index is 1.32. The van der Waals surface area contributed by atoms with Gasteiger partial charge in [0.2, 0.25) is 0 Å². The van der Waals surface area contributed by atoms with E-state index in [0.717, 1.165) is 0 Å². The fourth-order valence-electron chi connectivity index (χ4n) is 3.38. The lowest BCUT2D eigenvalue weighted by atomic mass is 10.1. The van der Waals surface area contributed by atoms with Gasteiger partial charge >= 0.3 is 5.97 Å². The minimum absolute atomic E-state index is 0.0118. The Bertz CT molecular complexity index is 1100. The van der Waals surface area contributed by atoms with Gasteiger partial charge in [-0.15, -0.1) is 0 Å². The number of nitrogens with zero attached hydrogens (tertiary/aromatic N) is 3. The molecule has 0 saturated carbocycles. The number of para-hydroxylation sites is 2. The lowest BCUT2D eigenvalue weighted by Gasteiger charge is -2.26. The van der Waals surface area contributed by atoms with Crippen LogP contribution in [-0.4, -0.2) is 52.5 Å². The van der Waals surface area contributed by atoms with Gasteiger partial charge in [-0.3, -0.25) is 4.79 Å². The highest BCUT2D eigenvalue weighted by Gasteiger charge is 2.24. The average Bonchev–Trinajstić information content (AvgIpc) is 3.27. The van der Waals surface area contributed by atoms with Crippen molar-refractivity contribution in [1.82, 2.24) is 20.1 Å². The molecule has 1 N–H and O–H groups in total. The molecule has 0 radical (unpaired) electrons. The Hall–Kier alpha value is -3.88. The molecule has 32 heavy (non-hydrogen) atoms. The molecule has 1 atom stereocenters. The van der Waals surface area contributed by atoms with E-state index in [4.69, 9.17) is 14.2 Å². The van der Waals surface area contributed by atoms with E-state index in [1.54, 1.807) is 23.0 Å². The van der Waals surface area contributed by atoms with Crippen molar-refractivity contribution in [2.75, 3.05) is 19.8 Å². The first-order valence-electron chi connectivity index (χ1n) is 10.3. The molecule has 9 heteroatoms. The summed E-state index contributed by atoms with van der Waals surface area (Å²) in [7, 11) is 0. The number of nitrogens with one attached hydrogen (secondary N) is 1. The molecule has 1 unspecified atom stereocenters. The fraction of sp³-hybridized carbons (Fsp3) is 0.304. The van der Waals surface area contributed by atoms with Gasteiger partial charge in [0.25, 0.3) is 5.91 Å². The summed E-state index contributed by atoms with van der Waals surface area (Å²) < 4.78 is 18.3. The Labute approximate surface area is 185 Å². The van der Waals surface area contributed by atoms with E-state index in [0.29, 0.717) is 35.2 Å². The fourth-order valence-corrected chi connectivity index (χ4v) is 3.38. The topological polar surface area (TPSA) is 105 Å². The summed E-state index contributed by atoms with van der Waals surface area (Å²) in [5.74, 6) is 0.861. The summed E-state index contributed by atoms with van der Waals surface area (Å²) in [5.41, 5.74) is 0.972. The first-order valence-corrected chi connectivity index (χ1v) is 10.3. The van der Waals surface area contributed by atoms with Gasteiger partial charge in [0.1, 0.15) is 18.3 Å². The number of hydrogen-bond donors (Lipinski definition) is 1. The summed E-state index contributed by atoms with van der Waals surface area (Å²) in [5, 5.41) is 7.00. The Morgan fingerprint density at radius 1 is 1.19 bits per heavy atom. The maximum absolute atomic E-state index is 12.6. The third-order valence-corrected chi connectivity index (χ3v) is 4.87. The molecule has 9 nitrogen and oxygen atoms in total. The van der Waals surface area contributed by atoms with Gasteiger partial charge in [0, 0.05) is 6.20 Å². The highest BCUT2D eigenvalue weighted by molar-refractivity contribution is 5.92. The maximum Gasteiger partial charge on any atom is 0.342 e. The van der Waals surface area contributed by atoms with Crippen molar-refractivity contribution < 1.29 is 23.8 Å². The van der Waals surface area contributed by atoms with Gasteiger partial charge in [0.15, 0.2) is 23.9 Å². The molecular formula is C23H24N4O5. The molecule has 0 saturated heterocycles. The molecule has 4 rings (SSSR count). The molecule has 1 aliphatic rings. The summed E-state index contributed by atoms with van der Waals surface area (Å²) in [4.78, 5) is 29.1. The van der Waals surface area contributed by atoms with Crippen molar-refractivity contribution in [1.29, 1.82) is 0 Å². The third-order valence-electron chi connectivity index (χ3n) is 4.87. The first kappa shape index (κ1) is 21.4. The SMILES string of the molecule is CC(C)c1c(C(=O)OCC(=O)NCC2COc3ccccc3O2)cnn1-c1ccccn1. The van der Waals surface area contributed by atoms with Gasteiger partial charge in [-0.1, -0.05) is 32.0 Å². The Kier molecular flexibility index (Phi) is 6.34. The monoisotopic (exact) mass is 436 g/mol. The number of carbonyl (C=O) groups is 2. The van der Waals surface area contributed by atoms with Crippen LogP contribution in [0.4, 0.5) is 0 Å². The van der Waals surface area contributed by atoms with Gasteiger partial charge in [-0.05, 0) is 30.2 Å². The minimum Gasteiger partial charge on any atom is -0.486 e. The summed E-state index contributed by atoms with van der Waals surface area (Å²) in [6, 6.07) is 12.8. The number of esters is 1. The van der Waals surface area contributed by atoms with Crippen LogP contribution in [0.2, 0.25) is 0 Å². The number of rotatable bonds is 7. The lowest BCUT2D eigenvalue weighted by Crippen LogP contribution is -2.42. The number of carbonyl (C=O) groups excluding carboxylic acids is 2. The standard InChI is InChI=1S/C23H24N4O5/c1-15(2)22-17(12-26-27(22)20-9-5-6-10-24-20)23(29)31-14-21(28)25-11-16-13-30-18-7-3-4-8-19(18)32-16/h3-10,12,15-16H,11,13-14H2,1-2H3,(H,25,28). The van der Waals surface area contributed by atoms with Crippen molar-refractivity contribution in [3.63, 3.8) is 0 Å². The van der Waals surface area contributed by atoms with Gasteiger partial charge in [0.05, 0.1) is 18.4 Å². The molecule has 0 aliphatic carbocycles. The van der Waals surface area contributed by atoms with E-state index in [1.807, 2.05) is 44.2 Å². The second-order valence-corrected chi connectivity index (χ2v) is 7.58. The van der Waals surface area contributed by atoms with Crippen LogP contribution in [0.15, 0.2) is 54.9 Å². The zero-order valence-electron chi connectivity index (χ0n) is 17.9. The van der Waals surface area contributed by atoms with Crippen molar-refractivity contribution in [2.24, 2.45) is 0 Å². The molecule has 3 heterocycles. The number of amides is 1. The quantitative estimate of drug-likeness (QED) is 0.568. The zero-order valence-corrected chi connectivity index (χ0v) is 17.9. The van der Waals surface area contributed by atoms with Crippen LogP contribution in [0.25, 0.3) is 5.82 Å². The molecule has 2 aromatic heterocycles. The third kappa shape index (κ3) is 4.72. The molecule has 1 aliphatic heterocycles. The highest BCUT2D eigenvalue weighted by atomic mass is 16.6. The van der Waals surface area contributed by atoms with Crippen LogP contribution < -0.4 is 14.8 Å². The van der Waals surface area contributed by atoms with E-state index in [2.05, 4.69) is 15.4 Å². The largest absolute Gasteiger partial charge is 0.486 e. The molecule has 0 spiro atoms. The average molecular weight is 436 g/mol. The smallest absolute Gasteiger partial charge is 0.342 e. The van der Waals surface area contributed by atoms with Gasteiger partial charge < -0.3 is 19.5 Å². The highest BCUT2D eigenvalue weighted by Crippen LogP contribution is 2.30. The first-order chi connectivity index (χ1) is 15.5. The molecule has 1 aromatic carbocycles. The summed E-state index contributed by atoms with van der Waals surface area (Å²) in [6.45, 7) is 4.05. The molecule has 1 amide bonds. The van der Waals surface area contributed by atoms with E-state index >= 15 is 0 Å². The number of hydrogen-bond acceptors (Lipinski definition) is 7. The van der Waals surface area contributed by atoms with Crippen LogP contribution in [0.5, 0.6) is 11.5 Å². The van der Waals surface area contributed by atoms with Gasteiger partial charge in [-0.2, -0.15) is 5.10 Å². The lowest BCUT2D eigenvalue weighted by molar-refractivity contribution is -0.124. The van der Waals surface area contributed by atoms with Crippen LogP contribution in [0.3, 0.4) is 0 Å². The number of aromatic nitrogens is 3. The van der Waals surface area contributed by atoms with Crippen LogP contribution in [0, 0.1) is 0 Å². The molecule has 166 valence electrons. The van der Waals surface area contributed by atoms with E-state index in [-0.39, 0.29) is 18.6 Å². The normalized spacial score (nSPS) is 14.8. The minimum atomic E-state index is -0.614. The zero-order chi connectivity index (χ0) is 22.5. The predicted molar refractivity (Wildman–Crippen MR) is 115 cm³/mol. The van der Waals surface area contributed by atoms with Gasteiger partial charge in [-0.25, -0.2) is 14.5 Å².